The summed E-state index contributed by atoms with van der Waals surface area (Å²) in [6, 6.07) is 68.0. The molecule has 0 saturated carbocycles. The van der Waals surface area contributed by atoms with Gasteiger partial charge < -0.3 is 0 Å². The third-order valence-corrected chi connectivity index (χ3v) is 12.0. The quantitative estimate of drug-likeness (QED) is 0.130. The Morgan fingerprint density at radius 3 is 1.88 bits per heavy atom. The van der Waals surface area contributed by atoms with Crippen LogP contribution in [0.15, 0.2) is 218 Å². The van der Waals surface area contributed by atoms with Gasteiger partial charge in [0.2, 0.25) is 0 Å². The number of hydrogen-bond donors (Lipinski definition) is 1. The Labute approximate surface area is 349 Å². The summed E-state index contributed by atoms with van der Waals surface area (Å²) >= 11 is 0. The van der Waals surface area contributed by atoms with Crippen molar-refractivity contribution in [2.75, 3.05) is 4.90 Å². The molecule has 2 aliphatic rings. The summed E-state index contributed by atoms with van der Waals surface area (Å²) in [6.45, 7) is 0. The van der Waals surface area contributed by atoms with Crippen LogP contribution in [0.3, 0.4) is 0 Å². The highest BCUT2D eigenvalue weighted by Crippen LogP contribution is 2.50. The molecule has 0 amide bonds. The van der Waals surface area contributed by atoms with Gasteiger partial charge in [0.15, 0.2) is 0 Å². The van der Waals surface area contributed by atoms with Crippen molar-refractivity contribution in [3.8, 4) is 28.2 Å². The number of imidazole rings is 1. The van der Waals surface area contributed by atoms with Crippen LogP contribution in [0.2, 0.25) is 0 Å². The van der Waals surface area contributed by atoms with E-state index in [4.69, 9.17) is 4.98 Å². The van der Waals surface area contributed by atoms with Gasteiger partial charge in [-0.3, -0.25) is 14.9 Å². The first-order valence-electron chi connectivity index (χ1n) is 20.6. The molecule has 0 bridgehead atoms. The zero-order chi connectivity index (χ0) is 40.0. The molecule has 1 heterocycles. The van der Waals surface area contributed by atoms with Crippen molar-refractivity contribution in [1.29, 1.82) is 5.41 Å². The molecule has 0 saturated heterocycles. The first-order chi connectivity index (χ1) is 29.7. The highest BCUT2D eigenvalue weighted by molar-refractivity contribution is 6.12. The van der Waals surface area contributed by atoms with Crippen LogP contribution in [0, 0.1) is 11.3 Å². The highest BCUT2D eigenvalue weighted by atomic mass is 15.2. The van der Waals surface area contributed by atoms with Crippen LogP contribution in [-0.4, -0.2) is 15.4 Å². The van der Waals surface area contributed by atoms with Crippen molar-refractivity contribution in [1.82, 2.24) is 9.55 Å². The minimum absolute atomic E-state index is 0.193. The third kappa shape index (κ3) is 6.09. The van der Waals surface area contributed by atoms with Crippen LogP contribution in [-0.2, 0) is 0 Å². The van der Waals surface area contributed by atoms with Gasteiger partial charge >= 0.3 is 0 Å². The van der Waals surface area contributed by atoms with Crippen LogP contribution in [0.1, 0.15) is 28.2 Å². The summed E-state index contributed by atoms with van der Waals surface area (Å²) in [4.78, 5) is 7.10. The molecule has 0 spiro atoms. The Hall–Kier alpha value is -7.82. The second-order valence-electron chi connectivity index (χ2n) is 15.5. The van der Waals surface area contributed by atoms with Gasteiger partial charge in [0.25, 0.3) is 0 Å². The maximum absolute atomic E-state index is 9.29. The fourth-order valence-corrected chi connectivity index (χ4v) is 9.24. The van der Waals surface area contributed by atoms with E-state index in [1.807, 2.05) is 59.5 Å². The molecule has 2 atom stereocenters. The number of amidine groups is 1. The number of anilines is 2. The molecule has 60 heavy (non-hydrogen) atoms. The van der Waals surface area contributed by atoms with Gasteiger partial charge in [0.05, 0.1) is 11.0 Å². The SMILES string of the molecule is N=C(c1ccccc1)N(c1ccccc1)c1ccc(C2=Cc3cc(-c4ccc(-n5c(-c6ccccc6)nc6ccccc65)cc4)c4ccccc4c3C3C=CC=CC23)cc1. The first-order valence-corrected chi connectivity index (χ1v) is 20.6. The molecule has 1 aromatic heterocycles. The maximum atomic E-state index is 9.29. The maximum Gasteiger partial charge on any atom is 0.145 e. The van der Waals surface area contributed by atoms with E-state index in [-0.39, 0.29) is 11.8 Å². The monoisotopic (exact) mass is 768 g/mol. The van der Waals surface area contributed by atoms with E-state index in [0.717, 1.165) is 45.0 Å². The van der Waals surface area contributed by atoms with E-state index in [2.05, 4.69) is 174 Å². The van der Waals surface area contributed by atoms with Crippen molar-refractivity contribution in [2.24, 2.45) is 5.92 Å². The summed E-state index contributed by atoms with van der Waals surface area (Å²) < 4.78 is 2.27. The van der Waals surface area contributed by atoms with Crippen LogP contribution in [0.25, 0.3) is 61.7 Å². The third-order valence-electron chi connectivity index (χ3n) is 12.0. The lowest BCUT2D eigenvalue weighted by atomic mass is 9.69. The molecule has 2 unspecified atom stereocenters. The van der Waals surface area contributed by atoms with E-state index < -0.39 is 0 Å². The predicted octanol–water partition coefficient (Wildman–Crippen LogP) is 14.1. The summed E-state index contributed by atoms with van der Waals surface area (Å²) in [5, 5.41) is 11.8. The molecule has 8 aromatic carbocycles. The number of para-hydroxylation sites is 3. The smallest absolute Gasteiger partial charge is 0.145 e. The average molecular weight is 769 g/mol. The molecule has 4 nitrogen and oxygen atoms in total. The summed E-state index contributed by atoms with van der Waals surface area (Å²) in [5.41, 5.74) is 14.5. The Kier molecular flexibility index (Phi) is 8.75. The van der Waals surface area contributed by atoms with Gasteiger partial charge in [0, 0.05) is 40.0 Å². The van der Waals surface area contributed by atoms with E-state index in [9.17, 15) is 5.41 Å². The number of rotatable bonds is 7. The molecular weight excluding hydrogens is 729 g/mol. The van der Waals surface area contributed by atoms with Crippen molar-refractivity contribution in [3.63, 3.8) is 0 Å². The van der Waals surface area contributed by atoms with Gasteiger partial charge in [-0.1, -0.05) is 170 Å². The molecular formula is C56H40N4. The first kappa shape index (κ1) is 35.4. The van der Waals surface area contributed by atoms with Gasteiger partial charge in [-0.25, -0.2) is 4.98 Å². The Morgan fingerprint density at radius 2 is 1.13 bits per heavy atom. The second kappa shape index (κ2) is 14.8. The van der Waals surface area contributed by atoms with Gasteiger partial charge in [-0.2, -0.15) is 0 Å². The zero-order valence-corrected chi connectivity index (χ0v) is 32.9. The standard InChI is InChI=1S/C56H40N4/c57-55(40-16-4-1-5-17-40)59(43-20-8-3-9-21-43)44-32-28-38(29-33-44)50-36-42-37-51(47-23-11-13-25-49(47)54(42)48-24-12-10-22-46(48)50)39-30-34-45(35-31-39)60-53-27-15-14-26-52(53)58-56(60)41-18-6-2-7-19-41/h1-37,46,48,57H. The van der Waals surface area contributed by atoms with E-state index in [1.54, 1.807) is 0 Å². The van der Waals surface area contributed by atoms with Crippen molar-refractivity contribution < 1.29 is 0 Å². The molecule has 2 aliphatic carbocycles. The normalized spacial score (nSPS) is 15.4. The van der Waals surface area contributed by atoms with Crippen LogP contribution in [0.4, 0.5) is 11.4 Å². The molecule has 9 aromatic rings. The highest BCUT2D eigenvalue weighted by Gasteiger charge is 2.32. The second-order valence-corrected chi connectivity index (χ2v) is 15.5. The molecule has 0 aliphatic heterocycles. The number of hydrogen-bond acceptors (Lipinski definition) is 2. The molecule has 0 fully saturated rings. The number of nitrogens with zero attached hydrogens (tertiary/aromatic N) is 3. The number of fused-ring (bicyclic) bond motifs is 6. The van der Waals surface area contributed by atoms with Gasteiger partial charge in [-0.15, -0.1) is 0 Å². The lowest BCUT2D eigenvalue weighted by Crippen LogP contribution is -2.26. The van der Waals surface area contributed by atoms with Crippen LogP contribution in [0.5, 0.6) is 0 Å². The minimum atomic E-state index is 0.193. The Balaban J connectivity index is 1.01. The van der Waals surface area contributed by atoms with Crippen molar-refractivity contribution in [2.45, 2.75) is 5.92 Å². The number of benzene rings is 8. The van der Waals surface area contributed by atoms with Gasteiger partial charge in [-0.05, 0) is 98.8 Å². The summed E-state index contributed by atoms with van der Waals surface area (Å²) in [6.07, 6.45) is 11.6. The van der Waals surface area contributed by atoms with Crippen LogP contribution < -0.4 is 4.90 Å². The topological polar surface area (TPSA) is 44.9 Å². The summed E-state index contributed by atoms with van der Waals surface area (Å²) in [5.74, 6) is 1.76. The minimum Gasteiger partial charge on any atom is -0.295 e. The van der Waals surface area contributed by atoms with Crippen molar-refractivity contribution >= 4 is 50.7 Å². The molecule has 284 valence electrons. The largest absolute Gasteiger partial charge is 0.295 e. The zero-order valence-electron chi connectivity index (χ0n) is 32.9. The number of nitrogens with one attached hydrogen (secondary N) is 1. The van der Waals surface area contributed by atoms with E-state index >= 15 is 0 Å². The lowest BCUT2D eigenvalue weighted by Gasteiger charge is -2.34. The Bertz CT molecular complexity index is 3140. The fraction of sp³-hybridized carbons (Fsp3) is 0.0357. The molecule has 1 N–H and O–H groups in total. The van der Waals surface area contributed by atoms with Crippen molar-refractivity contribution in [3.05, 3.63) is 241 Å². The molecule has 4 heteroatoms. The Morgan fingerprint density at radius 1 is 0.533 bits per heavy atom. The fourth-order valence-electron chi connectivity index (χ4n) is 9.24. The lowest BCUT2D eigenvalue weighted by molar-refractivity contribution is 0.714. The number of aromatic nitrogens is 2. The van der Waals surface area contributed by atoms with Crippen LogP contribution >= 0.6 is 0 Å². The van der Waals surface area contributed by atoms with E-state index in [0.29, 0.717) is 5.84 Å². The summed E-state index contributed by atoms with van der Waals surface area (Å²) in [7, 11) is 0. The number of allylic oxidation sites excluding steroid dienone is 5. The predicted molar refractivity (Wildman–Crippen MR) is 250 cm³/mol. The average Bonchev–Trinajstić information content (AvgIpc) is 3.72. The molecule has 11 rings (SSSR count). The van der Waals surface area contributed by atoms with E-state index in [1.165, 1.54) is 44.2 Å². The molecule has 0 radical (unpaired) electrons. The van der Waals surface area contributed by atoms with Gasteiger partial charge in [0.1, 0.15) is 11.7 Å².